The molecule has 0 atom stereocenters. The minimum Gasteiger partial charge on any atom is -0.398 e. The fraction of sp³-hybridized carbons (Fsp3) is 0.0909. The number of hydrogen-bond donors (Lipinski definition) is 1. The molecule has 1 aromatic heterocycles. The van der Waals surface area contributed by atoms with Crippen LogP contribution in [0, 0.1) is 0 Å². The Kier molecular flexibility index (Phi) is 2.25. The number of aldehydes is 1. The van der Waals surface area contributed by atoms with Gasteiger partial charge >= 0.3 is 0 Å². The van der Waals surface area contributed by atoms with E-state index in [0.717, 1.165) is 17.5 Å². The zero-order valence-electron chi connectivity index (χ0n) is 8.34. The number of aromatic nitrogens is 2. The molecule has 0 saturated carbocycles. The molecule has 4 heteroatoms. The standard InChI is InChI=1S/C11H11N3O/c1-14-5-11(13-7-14)9-4-8(6-15)2-3-10(9)12/h2-7H,12H2,1H3. The third-order valence-electron chi connectivity index (χ3n) is 2.19. The highest BCUT2D eigenvalue weighted by atomic mass is 16.1. The lowest BCUT2D eigenvalue weighted by Crippen LogP contribution is -1.92. The fourth-order valence-electron chi connectivity index (χ4n) is 1.42. The van der Waals surface area contributed by atoms with E-state index in [-0.39, 0.29) is 0 Å². The normalized spacial score (nSPS) is 10.2. The van der Waals surface area contributed by atoms with Gasteiger partial charge in [-0.1, -0.05) is 0 Å². The highest BCUT2D eigenvalue weighted by molar-refractivity contribution is 5.83. The quantitative estimate of drug-likeness (QED) is 0.591. The number of rotatable bonds is 2. The molecule has 1 aromatic carbocycles. The van der Waals surface area contributed by atoms with Crippen molar-refractivity contribution in [3.05, 3.63) is 36.3 Å². The number of nitrogens with two attached hydrogens (primary N) is 1. The third-order valence-corrected chi connectivity index (χ3v) is 2.19. The van der Waals surface area contributed by atoms with Crippen LogP contribution in [-0.2, 0) is 7.05 Å². The van der Waals surface area contributed by atoms with Crippen LogP contribution in [0.4, 0.5) is 5.69 Å². The van der Waals surface area contributed by atoms with Crippen molar-refractivity contribution in [3.8, 4) is 11.3 Å². The number of nitrogens with zero attached hydrogens (tertiary/aromatic N) is 2. The molecule has 0 spiro atoms. The molecule has 2 aromatic rings. The average molecular weight is 201 g/mol. The zero-order valence-corrected chi connectivity index (χ0v) is 8.34. The fourth-order valence-corrected chi connectivity index (χ4v) is 1.42. The molecule has 4 nitrogen and oxygen atoms in total. The van der Waals surface area contributed by atoms with Crippen molar-refractivity contribution in [2.75, 3.05) is 5.73 Å². The van der Waals surface area contributed by atoms with Gasteiger partial charge in [0.25, 0.3) is 0 Å². The molecule has 2 rings (SSSR count). The van der Waals surface area contributed by atoms with Crippen molar-refractivity contribution >= 4 is 12.0 Å². The summed E-state index contributed by atoms with van der Waals surface area (Å²) in [5.41, 5.74) is 8.61. The van der Waals surface area contributed by atoms with E-state index in [2.05, 4.69) is 4.98 Å². The monoisotopic (exact) mass is 201 g/mol. The summed E-state index contributed by atoms with van der Waals surface area (Å²) < 4.78 is 1.84. The first kappa shape index (κ1) is 9.45. The van der Waals surface area contributed by atoms with Gasteiger partial charge in [0.15, 0.2) is 0 Å². The first-order valence-electron chi connectivity index (χ1n) is 4.54. The van der Waals surface area contributed by atoms with Gasteiger partial charge in [-0.25, -0.2) is 4.98 Å². The maximum absolute atomic E-state index is 10.6. The summed E-state index contributed by atoms with van der Waals surface area (Å²) in [6.07, 6.45) is 4.36. The van der Waals surface area contributed by atoms with Crippen molar-refractivity contribution in [2.24, 2.45) is 7.05 Å². The molecule has 1 heterocycles. The minimum atomic E-state index is 0.602. The Morgan fingerprint density at radius 2 is 2.27 bits per heavy atom. The predicted molar refractivity (Wildman–Crippen MR) is 58.4 cm³/mol. The number of benzene rings is 1. The number of hydrogen-bond acceptors (Lipinski definition) is 3. The van der Waals surface area contributed by atoms with E-state index in [1.54, 1.807) is 24.5 Å². The Morgan fingerprint density at radius 1 is 1.47 bits per heavy atom. The smallest absolute Gasteiger partial charge is 0.150 e. The van der Waals surface area contributed by atoms with Crippen LogP contribution >= 0.6 is 0 Å². The lowest BCUT2D eigenvalue weighted by molar-refractivity contribution is 0.112. The summed E-state index contributed by atoms with van der Waals surface area (Å²) in [5.74, 6) is 0. The van der Waals surface area contributed by atoms with Gasteiger partial charge in [0.05, 0.1) is 12.0 Å². The number of carbonyl (C=O) groups excluding carboxylic acids is 1. The number of carbonyl (C=O) groups is 1. The molecule has 0 aliphatic heterocycles. The van der Waals surface area contributed by atoms with Gasteiger partial charge in [-0.15, -0.1) is 0 Å². The summed E-state index contributed by atoms with van der Waals surface area (Å²) in [4.78, 5) is 14.8. The molecule has 76 valence electrons. The van der Waals surface area contributed by atoms with Gasteiger partial charge < -0.3 is 10.3 Å². The van der Waals surface area contributed by atoms with Crippen LogP contribution in [0.1, 0.15) is 10.4 Å². The summed E-state index contributed by atoms with van der Waals surface area (Å²) >= 11 is 0. The van der Waals surface area contributed by atoms with Crippen LogP contribution < -0.4 is 5.73 Å². The number of nitrogen functional groups attached to an aromatic ring is 1. The maximum Gasteiger partial charge on any atom is 0.150 e. The maximum atomic E-state index is 10.6. The Balaban J connectivity index is 2.55. The van der Waals surface area contributed by atoms with Gasteiger partial charge in [-0.05, 0) is 18.2 Å². The van der Waals surface area contributed by atoms with E-state index in [1.807, 2.05) is 17.8 Å². The molecule has 0 bridgehead atoms. The van der Waals surface area contributed by atoms with Crippen LogP contribution in [0.5, 0.6) is 0 Å². The van der Waals surface area contributed by atoms with Crippen LogP contribution in [0.3, 0.4) is 0 Å². The van der Waals surface area contributed by atoms with Crippen LogP contribution in [-0.4, -0.2) is 15.8 Å². The molecule has 0 aliphatic carbocycles. The number of anilines is 1. The molecule has 0 fully saturated rings. The van der Waals surface area contributed by atoms with Crippen molar-refractivity contribution in [1.29, 1.82) is 0 Å². The molecular formula is C11H11N3O. The summed E-state index contributed by atoms with van der Waals surface area (Å²) in [6.45, 7) is 0. The molecule has 0 radical (unpaired) electrons. The summed E-state index contributed by atoms with van der Waals surface area (Å²) in [5, 5.41) is 0. The van der Waals surface area contributed by atoms with Gasteiger partial charge in [0.2, 0.25) is 0 Å². The molecule has 0 aliphatic rings. The van der Waals surface area contributed by atoms with Crippen LogP contribution in [0.25, 0.3) is 11.3 Å². The number of imidazole rings is 1. The van der Waals surface area contributed by atoms with E-state index >= 15 is 0 Å². The molecule has 0 unspecified atom stereocenters. The summed E-state index contributed by atoms with van der Waals surface area (Å²) in [7, 11) is 1.89. The number of aryl methyl sites for hydroxylation is 1. The molecule has 0 saturated heterocycles. The largest absolute Gasteiger partial charge is 0.398 e. The van der Waals surface area contributed by atoms with Crippen molar-refractivity contribution in [3.63, 3.8) is 0 Å². The SMILES string of the molecule is Cn1cnc(-c2cc(C=O)ccc2N)c1. The van der Waals surface area contributed by atoms with Crippen LogP contribution in [0.15, 0.2) is 30.7 Å². The third kappa shape index (κ3) is 1.74. The second kappa shape index (κ2) is 3.57. The first-order chi connectivity index (χ1) is 7.20. The van der Waals surface area contributed by atoms with E-state index in [0.29, 0.717) is 11.3 Å². The highest BCUT2D eigenvalue weighted by Gasteiger charge is 2.06. The Bertz CT molecular complexity index is 502. The predicted octanol–water partition coefficient (Wildman–Crippen LogP) is 1.48. The average Bonchev–Trinajstić information content (AvgIpc) is 2.65. The topological polar surface area (TPSA) is 60.9 Å². The molecule has 0 amide bonds. The van der Waals surface area contributed by atoms with Gasteiger partial charge in [-0.3, -0.25) is 4.79 Å². The second-order valence-corrected chi connectivity index (χ2v) is 3.39. The van der Waals surface area contributed by atoms with Gasteiger partial charge in [0, 0.05) is 30.1 Å². The first-order valence-corrected chi connectivity index (χ1v) is 4.54. The second-order valence-electron chi connectivity index (χ2n) is 3.39. The molecular weight excluding hydrogens is 190 g/mol. The van der Waals surface area contributed by atoms with E-state index < -0.39 is 0 Å². The van der Waals surface area contributed by atoms with Crippen molar-refractivity contribution in [1.82, 2.24) is 9.55 Å². The van der Waals surface area contributed by atoms with Crippen LogP contribution in [0.2, 0.25) is 0 Å². The molecule has 15 heavy (non-hydrogen) atoms. The zero-order chi connectivity index (χ0) is 10.8. The van der Waals surface area contributed by atoms with Crippen molar-refractivity contribution < 1.29 is 4.79 Å². The van der Waals surface area contributed by atoms with E-state index in [4.69, 9.17) is 5.73 Å². The van der Waals surface area contributed by atoms with Crippen molar-refractivity contribution in [2.45, 2.75) is 0 Å². The van der Waals surface area contributed by atoms with Gasteiger partial charge in [-0.2, -0.15) is 0 Å². The minimum absolute atomic E-state index is 0.602. The Hall–Kier alpha value is -2.10. The Labute approximate surface area is 87.4 Å². The van der Waals surface area contributed by atoms with Gasteiger partial charge in [0.1, 0.15) is 6.29 Å². The lowest BCUT2D eigenvalue weighted by Gasteiger charge is -2.02. The molecule has 2 N–H and O–H groups in total. The lowest BCUT2D eigenvalue weighted by atomic mass is 10.1. The summed E-state index contributed by atoms with van der Waals surface area (Å²) in [6, 6.07) is 5.15. The highest BCUT2D eigenvalue weighted by Crippen LogP contribution is 2.24. The van der Waals surface area contributed by atoms with E-state index in [1.165, 1.54) is 0 Å². The Morgan fingerprint density at radius 3 is 2.87 bits per heavy atom. The van der Waals surface area contributed by atoms with E-state index in [9.17, 15) is 4.79 Å².